The first kappa shape index (κ1) is 16.6. The maximum Gasteiger partial charge on any atom is 0.158 e. The van der Waals surface area contributed by atoms with Crippen LogP contribution in [0.2, 0.25) is 0 Å². The number of fused-ring (bicyclic) bond motifs is 2. The van der Waals surface area contributed by atoms with Gasteiger partial charge in [0.2, 0.25) is 0 Å². The molecule has 0 aliphatic carbocycles. The van der Waals surface area contributed by atoms with Crippen LogP contribution < -0.4 is 5.32 Å². The second kappa shape index (κ2) is 6.12. The molecule has 0 aliphatic rings. The molecular weight excluding hydrogens is 324 g/mol. The van der Waals surface area contributed by atoms with Gasteiger partial charge in [-0.05, 0) is 49.9 Å². The van der Waals surface area contributed by atoms with Crippen LogP contribution in [0.25, 0.3) is 27.9 Å². The normalized spacial score (nSPS) is 11.8. The molecular formula is C20H24N6. The second-order valence-corrected chi connectivity index (χ2v) is 7.01. The molecule has 0 spiro atoms. The summed E-state index contributed by atoms with van der Waals surface area (Å²) in [4.78, 5) is 12.8. The minimum Gasteiger partial charge on any atom is -0.370 e. The van der Waals surface area contributed by atoms with E-state index in [2.05, 4.69) is 67.3 Å². The lowest BCUT2D eigenvalue weighted by Gasteiger charge is -2.13. The van der Waals surface area contributed by atoms with Crippen LogP contribution in [0.5, 0.6) is 0 Å². The number of aromatic nitrogens is 5. The molecule has 4 aromatic heterocycles. The summed E-state index contributed by atoms with van der Waals surface area (Å²) in [6.45, 7) is 11.6. The molecule has 0 saturated carbocycles. The number of H-pyrrole nitrogens is 1. The van der Waals surface area contributed by atoms with Gasteiger partial charge in [0, 0.05) is 23.9 Å². The number of hydrogen-bond donors (Lipinski definition) is 2. The monoisotopic (exact) mass is 348 g/mol. The third kappa shape index (κ3) is 2.44. The van der Waals surface area contributed by atoms with Crippen molar-refractivity contribution in [2.75, 3.05) is 11.9 Å². The highest BCUT2D eigenvalue weighted by Crippen LogP contribution is 2.37. The van der Waals surface area contributed by atoms with Gasteiger partial charge in [0.05, 0.1) is 16.7 Å². The Morgan fingerprint density at radius 2 is 2.00 bits per heavy atom. The van der Waals surface area contributed by atoms with Crippen molar-refractivity contribution in [2.24, 2.45) is 0 Å². The lowest BCUT2D eigenvalue weighted by Crippen LogP contribution is -2.00. The molecule has 2 N–H and O–H groups in total. The Bertz CT molecular complexity index is 1100. The maximum absolute atomic E-state index is 4.86. The summed E-state index contributed by atoms with van der Waals surface area (Å²) in [5.74, 6) is 1.25. The van der Waals surface area contributed by atoms with Crippen molar-refractivity contribution < 1.29 is 0 Å². The summed E-state index contributed by atoms with van der Waals surface area (Å²) in [7, 11) is 0. The minimum atomic E-state index is 0.342. The summed E-state index contributed by atoms with van der Waals surface area (Å²) >= 11 is 0. The summed E-state index contributed by atoms with van der Waals surface area (Å²) < 4.78 is 1.85. The van der Waals surface area contributed by atoms with Crippen LogP contribution in [0.3, 0.4) is 0 Å². The minimum absolute atomic E-state index is 0.342. The van der Waals surface area contributed by atoms with E-state index in [0.717, 1.165) is 45.9 Å². The highest BCUT2D eigenvalue weighted by atomic mass is 15.3. The highest BCUT2D eigenvalue weighted by Gasteiger charge is 2.21. The number of pyridine rings is 2. The number of aromatic amines is 1. The summed E-state index contributed by atoms with van der Waals surface area (Å²) in [6, 6.07) is 4.13. The van der Waals surface area contributed by atoms with Crippen molar-refractivity contribution in [3.05, 3.63) is 41.3 Å². The summed E-state index contributed by atoms with van der Waals surface area (Å²) in [5, 5.41) is 7.65. The molecule has 4 rings (SSSR count). The van der Waals surface area contributed by atoms with E-state index < -0.39 is 0 Å². The van der Waals surface area contributed by atoms with Crippen LogP contribution in [-0.2, 0) is 0 Å². The predicted molar refractivity (Wildman–Crippen MR) is 106 cm³/mol. The molecule has 4 heterocycles. The highest BCUT2D eigenvalue weighted by molar-refractivity contribution is 5.90. The Labute approximate surface area is 152 Å². The smallest absolute Gasteiger partial charge is 0.158 e. The van der Waals surface area contributed by atoms with Crippen LogP contribution in [0.1, 0.15) is 43.4 Å². The standard InChI is InChI=1S/C20H24N6/c1-6-21-16-8-7-15-19(25-16)17(11(2)3)18(24-15)14-9-26-20(22-10-23-26)13(5)12(14)4/h7-11,24H,6H2,1-5H3,(H,21,25). The molecule has 0 aromatic carbocycles. The zero-order valence-corrected chi connectivity index (χ0v) is 15.9. The number of nitrogens with one attached hydrogen (secondary N) is 2. The topological polar surface area (TPSA) is 70.9 Å². The van der Waals surface area contributed by atoms with Crippen molar-refractivity contribution in [2.45, 2.75) is 40.5 Å². The van der Waals surface area contributed by atoms with Gasteiger partial charge in [0.25, 0.3) is 0 Å². The molecule has 26 heavy (non-hydrogen) atoms. The van der Waals surface area contributed by atoms with E-state index in [0.29, 0.717) is 5.92 Å². The molecule has 6 heteroatoms. The van der Waals surface area contributed by atoms with Gasteiger partial charge >= 0.3 is 0 Å². The van der Waals surface area contributed by atoms with Crippen molar-refractivity contribution >= 4 is 22.5 Å². The fourth-order valence-corrected chi connectivity index (χ4v) is 3.59. The molecule has 0 bridgehead atoms. The van der Waals surface area contributed by atoms with Crippen LogP contribution in [0.15, 0.2) is 24.7 Å². The third-order valence-electron chi connectivity index (χ3n) is 5.01. The molecule has 0 fully saturated rings. The lowest BCUT2D eigenvalue weighted by atomic mass is 9.95. The van der Waals surface area contributed by atoms with E-state index in [9.17, 15) is 0 Å². The van der Waals surface area contributed by atoms with Crippen LogP contribution in [-0.4, -0.2) is 31.1 Å². The largest absolute Gasteiger partial charge is 0.370 e. The number of hydrogen-bond acceptors (Lipinski definition) is 4. The van der Waals surface area contributed by atoms with Crippen molar-refractivity contribution in [3.8, 4) is 11.3 Å². The average Bonchev–Trinajstić information content (AvgIpc) is 3.22. The molecule has 134 valence electrons. The molecule has 4 aromatic rings. The first-order valence-corrected chi connectivity index (χ1v) is 9.07. The van der Waals surface area contributed by atoms with Crippen molar-refractivity contribution in [3.63, 3.8) is 0 Å². The van der Waals surface area contributed by atoms with Crippen LogP contribution >= 0.6 is 0 Å². The van der Waals surface area contributed by atoms with Crippen LogP contribution in [0.4, 0.5) is 5.82 Å². The molecule has 0 unspecified atom stereocenters. The van der Waals surface area contributed by atoms with Crippen molar-refractivity contribution in [1.29, 1.82) is 0 Å². The van der Waals surface area contributed by atoms with E-state index >= 15 is 0 Å². The van der Waals surface area contributed by atoms with Crippen LogP contribution in [0, 0.1) is 13.8 Å². The zero-order valence-electron chi connectivity index (χ0n) is 15.9. The molecule has 0 aliphatic heterocycles. The molecule has 0 radical (unpaired) electrons. The Balaban J connectivity index is 2.02. The maximum atomic E-state index is 4.86. The van der Waals surface area contributed by atoms with Crippen molar-refractivity contribution in [1.82, 2.24) is 24.6 Å². The van der Waals surface area contributed by atoms with E-state index in [4.69, 9.17) is 4.98 Å². The predicted octanol–water partition coefficient (Wildman–Crippen LogP) is 4.44. The Morgan fingerprint density at radius 3 is 2.73 bits per heavy atom. The second-order valence-electron chi connectivity index (χ2n) is 7.01. The molecule has 0 saturated heterocycles. The SMILES string of the molecule is CCNc1ccc2[nH]c(-c3cn4ncnc4c(C)c3C)c(C(C)C)c2n1. The zero-order chi connectivity index (χ0) is 18.4. The van der Waals surface area contributed by atoms with E-state index in [1.807, 2.05) is 10.6 Å². The van der Waals surface area contributed by atoms with Gasteiger partial charge in [-0.25, -0.2) is 14.5 Å². The Hall–Kier alpha value is -2.89. The van der Waals surface area contributed by atoms with Gasteiger partial charge in [-0.2, -0.15) is 5.10 Å². The number of rotatable bonds is 4. The number of nitrogens with zero attached hydrogens (tertiary/aromatic N) is 4. The van der Waals surface area contributed by atoms with E-state index in [1.165, 1.54) is 11.1 Å². The molecule has 0 amide bonds. The third-order valence-corrected chi connectivity index (χ3v) is 5.01. The Morgan fingerprint density at radius 1 is 1.19 bits per heavy atom. The Kier molecular flexibility index (Phi) is 3.90. The summed E-state index contributed by atoms with van der Waals surface area (Å²) in [5.41, 5.74) is 8.86. The van der Waals surface area contributed by atoms with E-state index in [-0.39, 0.29) is 0 Å². The number of aryl methyl sites for hydroxylation is 1. The van der Waals surface area contributed by atoms with Gasteiger partial charge in [0.15, 0.2) is 5.65 Å². The van der Waals surface area contributed by atoms with Gasteiger partial charge < -0.3 is 10.3 Å². The quantitative estimate of drug-likeness (QED) is 0.572. The summed E-state index contributed by atoms with van der Waals surface area (Å²) in [6.07, 6.45) is 3.66. The van der Waals surface area contributed by atoms with Gasteiger partial charge in [0.1, 0.15) is 12.1 Å². The average molecular weight is 348 g/mol. The van der Waals surface area contributed by atoms with Gasteiger partial charge in [-0.3, -0.25) is 0 Å². The van der Waals surface area contributed by atoms with E-state index in [1.54, 1.807) is 6.33 Å². The van der Waals surface area contributed by atoms with Gasteiger partial charge in [-0.15, -0.1) is 0 Å². The fourth-order valence-electron chi connectivity index (χ4n) is 3.59. The van der Waals surface area contributed by atoms with Gasteiger partial charge in [-0.1, -0.05) is 13.8 Å². The first-order chi connectivity index (χ1) is 12.5. The first-order valence-electron chi connectivity index (χ1n) is 9.07. The molecule has 6 nitrogen and oxygen atoms in total. The fraction of sp³-hybridized carbons (Fsp3) is 0.350. The molecule has 0 atom stereocenters. The lowest BCUT2D eigenvalue weighted by molar-refractivity contribution is 0.873. The number of anilines is 1.